The van der Waals surface area contributed by atoms with Crippen LogP contribution in [0.2, 0.25) is 0 Å². The van der Waals surface area contributed by atoms with E-state index in [0.717, 1.165) is 19.4 Å². The molecule has 2 N–H and O–H groups in total. The van der Waals surface area contributed by atoms with Gasteiger partial charge in [-0.15, -0.1) is 0 Å². The molecule has 0 aromatic rings. The van der Waals surface area contributed by atoms with Gasteiger partial charge in [0.15, 0.2) is 0 Å². The van der Waals surface area contributed by atoms with Crippen LogP contribution < -0.4 is 5.73 Å². The number of unbranched alkanes of at least 4 members (excludes halogenated alkanes) is 2. The maximum Gasteiger partial charge on any atom is 0.239 e. The fourth-order valence-corrected chi connectivity index (χ4v) is 1.84. The van der Waals surface area contributed by atoms with Gasteiger partial charge in [-0.2, -0.15) is 0 Å². The van der Waals surface area contributed by atoms with Crippen molar-refractivity contribution in [2.75, 3.05) is 6.54 Å². The zero-order chi connectivity index (χ0) is 13.4. The molecule has 0 radical (unpaired) electrons. The van der Waals surface area contributed by atoms with Gasteiger partial charge in [-0.3, -0.25) is 4.79 Å². The summed E-state index contributed by atoms with van der Waals surface area (Å²) >= 11 is 0. The molecule has 0 aliphatic heterocycles. The molecular weight excluding hydrogens is 212 g/mol. The van der Waals surface area contributed by atoms with Gasteiger partial charge in [0.05, 0.1) is 6.04 Å². The van der Waals surface area contributed by atoms with Crippen molar-refractivity contribution in [2.45, 2.75) is 72.4 Å². The Bertz CT molecular complexity index is 216. The van der Waals surface area contributed by atoms with E-state index in [1.54, 1.807) is 0 Å². The van der Waals surface area contributed by atoms with Crippen LogP contribution >= 0.6 is 0 Å². The van der Waals surface area contributed by atoms with Crippen molar-refractivity contribution in [3.63, 3.8) is 0 Å². The van der Waals surface area contributed by atoms with Crippen LogP contribution in [0.3, 0.4) is 0 Å². The van der Waals surface area contributed by atoms with E-state index in [-0.39, 0.29) is 23.9 Å². The van der Waals surface area contributed by atoms with E-state index in [9.17, 15) is 4.79 Å². The van der Waals surface area contributed by atoms with Gasteiger partial charge in [0.2, 0.25) is 5.91 Å². The number of nitrogens with zero attached hydrogens (tertiary/aromatic N) is 1. The lowest BCUT2D eigenvalue weighted by Crippen LogP contribution is -2.49. The second-order valence-corrected chi connectivity index (χ2v) is 5.24. The highest BCUT2D eigenvalue weighted by Crippen LogP contribution is 2.12. The topological polar surface area (TPSA) is 46.3 Å². The molecule has 0 aliphatic rings. The molecule has 3 nitrogen and oxygen atoms in total. The van der Waals surface area contributed by atoms with Gasteiger partial charge in [-0.05, 0) is 26.2 Å². The standard InChI is InChI=1S/C14H30N2O/c1-6-8-9-10-16(11(3)4)14(17)13(15)12(5)7-2/h11-13H,6-10,15H2,1-5H3. The molecule has 17 heavy (non-hydrogen) atoms. The van der Waals surface area contributed by atoms with Crippen LogP contribution in [0.25, 0.3) is 0 Å². The number of carbonyl (C=O) groups is 1. The van der Waals surface area contributed by atoms with Crippen LogP contribution in [0, 0.1) is 5.92 Å². The third-order valence-corrected chi connectivity index (χ3v) is 3.45. The summed E-state index contributed by atoms with van der Waals surface area (Å²) in [5.41, 5.74) is 6.02. The van der Waals surface area contributed by atoms with Crippen LogP contribution in [0.15, 0.2) is 0 Å². The van der Waals surface area contributed by atoms with Crippen molar-refractivity contribution in [2.24, 2.45) is 11.7 Å². The van der Waals surface area contributed by atoms with Crippen molar-refractivity contribution >= 4 is 5.91 Å². The van der Waals surface area contributed by atoms with E-state index < -0.39 is 0 Å². The SMILES string of the molecule is CCCCCN(C(=O)C(N)C(C)CC)C(C)C. The number of carbonyl (C=O) groups excluding carboxylic acids is 1. The van der Waals surface area contributed by atoms with Gasteiger partial charge in [0.1, 0.15) is 0 Å². The zero-order valence-electron chi connectivity index (χ0n) is 12.2. The van der Waals surface area contributed by atoms with E-state index in [0.29, 0.717) is 0 Å². The minimum absolute atomic E-state index is 0.116. The number of amides is 1. The minimum Gasteiger partial charge on any atom is -0.339 e. The first kappa shape index (κ1) is 16.4. The van der Waals surface area contributed by atoms with Gasteiger partial charge >= 0.3 is 0 Å². The Labute approximate surface area is 107 Å². The molecule has 0 bridgehead atoms. The van der Waals surface area contributed by atoms with Crippen LogP contribution in [0.5, 0.6) is 0 Å². The minimum atomic E-state index is -0.343. The monoisotopic (exact) mass is 242 g/mol. The molecule has 3 heteroatoms. The second kappa shape index (κ2) is 8.51. The van der Waals surface area contributed by atoms with Crippen molar-refractivity contribution in [3.05, 3.63) is 0 Å². The Balaban J connectivity index is 4.43. The molecule has 0 heterocycles. The van der Waals surface area contributed by atoms with Crippen LogP contribution in [0.4, 0.5) is 0 Å². The maximum absolute atomic E-state index is 12.3. The average molecular weight is 242 g/mol. The highest BCUT2D eigenvalue weighted by Gasteiger charge is 2.26. The van der Waals surface area contributed by atoms with E-state index in [1.807, 2.05) is 11.8 Å². The molecule has 1 amide bonds. The largest absolute Gasteiger partial charge is 0.339 e. The zero-order valence-corrected chi connectivity index (χ0v) is 12.2. The van der Waals surface area contributed by atoms with E-state index in [1.165, 1.54) is 12.8 Å². The summed E-state index contributed by atoms with van der Waals surface area (Å²) in [6.07, 6.45) is 4.38. The predicted molar refractivity (Wildman–Crippen MR) is 73.8 cm³/mol. The average Bonchev–Trinajstić information content (AvgIpc) is 2.31. The van der Waals surface area contributed by atoms with Gasteiger partial charge in [0, 0.05) is 12.6 Å². The van der Waals surface area contributed by atoms with Crippen molar-refractivity contribution in [1.82, 2.24) is 4.90 Å². The summed E-state index contributed by atoms with van der Waals surface area (Å²) in [6, 6.07) is -0.0986. The first-order valence-electron chi connectivity index (χ1n) is 7.01. The molecule has 0 fully saturated rings. The van der Waals surface area contributed by atoms with Gasteiger partial charge < -0.3 is 10.6 Å². The summed E-state index contributed by atoms with van der Waals surface area (Å²) < 4.78 is 0. The molecule has 0 saturated heterocycles. The predicted octanol–water partition coefficient (Wildman–Crippen LogP) is 2.79. The van der Waals surface area contributed by atoms with Crippen LogP contribution in [-0.4, -0.2) is 29.4 Å². The lowest BCUT2D eigenvalue weighted by molar-refractivity contribution is -0.135. The van der Waals surface area contributed by atoms with E-state index >= 15 is 0 Å². The number of rotatable bonds is 8. The van der Waals surface area contributed by atoms with Crippen LogP contribution in [0.1, 0.15) is 60.3 Å². The van der Waals surface area contributed by atoms with Gasteiger partial charge in [-0.1, -0.05) is 40.0 Å². The Morgan fingerprint density at radius 3 is 2.18 bits per heavy atom. The summed E-state index contributed by atoms with van der Waals surface area (Å²) in [7, 11) is 0. The van der Waals surface area contributed by atoms with Crippen molar-refractivity contribution in [3.8, 4) is 0 Å². The van der Waals surface area contributed by atoms with Crippen molar-refractivity contribution in [1.29, 1.82) is 0 Å². The highest BCUT2D eigenvalue weighted by molar-refractivity contribution is 5.82. The summed E-state index contributed by atoms with van der Waals surface area (Å²) in [6.45, 7) is 11.3. The van der Waals surface area contributed by atoms with Gasteiger partial charge in [0.25, 0.3) is 0 Å². The molecule has 0 rings (SSSR count). The number of hydrogen-bond donors (Lipinski definition) is 1. The fraction of sp³-hybridized carbons (Fsp3) is 0.929. The Morgan fingerprint density at radius 2 is 1.76 bits per heavy atom. The number of hydrogen-bond acceptors (Lipinski definition) is 2. The third-order valence-electron chi connectivity index (χ3n) is 3.45. The highest BCUT2D eigenvalue weighted by atomic mass is 16.2. The van der Waals surface area contributed by atoms with E-state index in [4.69, 9.17) is 5.73 Å². The lowest BCUT2D eigenvalue weighted by atomic mass is 9.98. The first-order valence-corrected chi connectivity index (χ1v) is 7.01. The molecule has 0 aromatic carbocycles. The molecule has 0 saturated carbocycles. The molecule has 2 unspecified atom stereocenters. The van der Waals surface area contributed by atoms with Crippen LogP contribution in [-0.2, 0) is 4.79 Å². The molecule has 0 aromatic heterocycles. The fourth-order valence-electron chi connectivity index (χ4n) is 1.84. The van der Waals surface area contributed by atoms with Gasteiger partial charge in [-0.25, -0.2) is 0 Å². The summed E-state index contributed by atoms with van der Waals surface area (Å²) in [5.74, 6) is 0.375. The Kier molecular flexibility index (Phi) is 8.23. The maximum atomic E-state index is 12.3. The molecule has 102 valence electrons. The Morgan fingerprint density at radius 1 is 1.18 bits per heavy atom. The summed E-state index contributed by atoms with van der Waals surface area (Å²) in [4.78, 5) is 14.2. The smallest absolute Gasteiger partial charge is 0.239 e. The van der Waals surface area contributed by atoms with E-state index in [2.05, 4.69) is 27.7 Å². The normalized spacial score (nSPS) is 14.8. The molecule has 2 atom stereocenters. The number of nitrogens with two attached hydrogens (primary N) is 1. The molecule has 0 spiro atoms. The first-order chi connectivity index (χ1) is 7.95. The summed E-state index contributed by atoms with van der Waals surface area (Å²) in [5, 5.41) is 0. The third kappa shape index (κ3) is 5.53. The quantitative estimate of drug-likeness (QED) is 0.665. The van der Waals surface area contributed by atoms with Crippen molar-refractivity contribution < 1.29 is 4.79 Å². The lowest BCUT2D eigenvalue weighted by Gasteiger charge is -2.31. The molecule has 0 aliphatic carbocycles. The second-order valence-electron chi connectivity index (χ2n) is 5.24. The Hall–Kier alpha value is -0.570. The molecular formula is C14H30N2O.